The molecule has 0 aliphatic carbocycles. The third kappa shape index (κ3) is 4.88. The molecule has 2 aromatic carbocycles. The van der Waals surface area contributed by atoms with Crippen molar-refractivity contribution in [2.45, 2.75) is 11.0 Å². The van der Waals surface area contributed by atoms with Gasteiger partial charge < -0.3 is 14.6 Å². The summed E-state index contributed by atoms with van der Waals surface area (Å²) in [7, 11) is -1.52. The van der Waals surface area contributed by atoms with Crippen LogP contribution in [0.5, 0.6) is 5.75 Å². The zero-order chi connectivity index (χ0) is 21.7. The minimum atomic E-state index is -4.06. The van der Waals surface area contributed by atoms with Gasteiger partial charge in [-0.15, -0.1) is 0 Å². The predicted molar refractivity (Wildman–Crippen MR) is 114 cm³/mol. The van der Waals surface area contributed by atoms with Crippen LogP contribution in [-0.4, -0.2) is 40.3 Å². The van der Waals surface area contributed by atoms with Gasteiger partial charge in [0.25, 0.3) is 0 Å². The molecule has 0 saturated heterocycles. The molecule has 0 fully saturated rings. The zero-order valence-corrected chi connectivity index (χ0v) is 18.0. The lowest BCUT2D eigenvalue weighted by molar-refractivity contribution is 0.0600. The predicted octanol–water partition coefficient (Wildman–Crippen LogP) is 3.22. The molecule has 0 radical (unpaired) electrons. The number of thiophene rings is 1. The third-order valence-corrected chi connectivity index (χ3v) is 6.62. The van der Waals surface area contributed by atoms with Crippen LogP contribution in [0.4, 0.5) is 0 Å². The van der Waals surface area contributed by atoms with Crippen LogP contribution in [0.1, 0.15) is 22.0 Å². The Bertz CT molecular complexity index is 1110. The number of rotatable bonds is 8. The van der Waals surface area contributed by atoms with E-state index in [2.05, 4.69) is 9.46 Å². The standard InChI is InChI=1S/C21H21NO6S2/c1-27-19-8-7-16(21(24)28-2)11-20(19)30(25,26)22-12-18(23)15-5-3-14(4-6-15)17-9-10-29-13-17/h3-11,13,18,22-23H,12H2,1-2H3. The molecule has 30 heavy (non-hydrogen) atoms. The summed E-state index contributed by atoms with van der Waals surface area (Å²) >= 11 is 1.60. The molecule has 0 amide bonds. The van der Waals surface area contributed by atoms with Gasteiger partial charge in [0.05, 0.1) is 25.9 Å². The Kier molecular flexibility index (Phi) is 6.88. The van der Waals surface area contributed by atoms with E-state index in [-0.39, 0.29) is 22.8 Å². The van der Waals surface area contributed by atoms with Crippen molar-refractivity contribution in [3.05, 3.63) is 70.4 Å². The Morgan fingerprint density at radius 2 is 1.83 bits per heavy atom. The second-order valence-electron chi connectivity index (χ2n) is 6.36. The summed E-state index contributed by atoms with van der Waals surface area (Å²) < 4.78 is 37.6. The summed E-state index contributed by atoms with van der Waals surface area (Å²) in [5.41, 5.74) is 2.74. The third-order valence-electron chi connectivity index (χ3n) is 4.49. The largest absolute Gasteiger partial charge is 0.495 e. The number of carbonyl (C=O) groups excluding carboxylic acids is 1. The molecule has 1 atom stereocenters. The van der Waals surface area contributed by atoms with E-state index in [9.17, 15) is 18.3 Å². The first kappa shape index (κ1) is 22.0. The van der Waals surface area contributed by atoms with Crippen LogP contribution in [0.2, 0.25) is 0 Å². The topological polar surface area (TPSA) is 102 Å². The average Bonchev–Trinajstić information content (AvgIpc) is 3.31. The van der Waals surface area contributed by atoms with Gasteiger partial charge in [0.2, 0.25) is 10.0 Å². The molecule has 3 aromatic rings. The van der Waals surface area contributed by atoms with Crippen molar-refractivity contribution in [1.29, 1.82) is 0 Å². The summed E-state index contributed by atoms with van der Waals surface area (Å²) in [5.74, 6) is -0.593. The molecule has 158 valence electrons. The van der Waals surface area contributed by atoms with E-state index < -0.39 is 22.1 Å². The van der Waals surface area contributed by atoms with Crippen molar-refractivity contribution in [3.8, 4) is 16.9 Å². The molecule has 2 N–H and O–H groups in total. The average molecular weight is 448 g/mol. The van der Waals surface area contributed by atoms with Crippen molar-refractivity contribution >= 4 is 27.3 Å². The Labute approximate surface area is 179 Å². The monoisotopic (exact) mass is 447 g/mol. The van der Waals surface area contributed by atoms with Crippen molar-refractivity contribution < 1.29 is 27.8 Å². The molecule has 1 unspecified atom stereocenters. The fraction of sp³-hybridized carbons (Fsp3) is 0.190. The van der Waals surface area contributed by atoms with Gasteiger partial charge >= 0.3 is 5.97 Å². The van der Waals surface area contributed by atoms with Crippen LogP contribution in [0.25, 0.3) is 11.1 Å². The van der Waals surface area contributed by atoms with Crippen LogP contribution < -0.4 is 9.46 Å². The van der Waals surface area contributed by atoms with Crippen LogP contribution in [-0.2, 0) is 14.8 Å². The van der Waals surface area contributed by atoms with E-state index in [0.29, 0.717) is 5.56 Å². The second-order valence-corrected chi connectivity index (χ2v) is 8.87. The number of carbonyl (C=O) groups is 1. The number of aliphatic hydroxyl groups excluding tert-OH is 1. The maximum atomic E-state index is 12.8. The van der Waals surface area contributed by atoms with Gasteiger partial charge in [0.1, 0.15) is 10.6 Å². The second kappa shape index (κ2) is 9.40. The highest BCUT2D eigenvalue weighted by atomic mass is 32.2. The number of sulfonamides is 1. The highest BCUT2D eigenvalue weighted by Crippen LogP contribution is 2.26. The van der Waals surface area contributed by atoms with Crippen molar-refractivity contribution in [2.24, 2.45) is 0 Å². The molecule has 9 heteroatoms. The summed E-state index contributed by atoms with van der Waals surface area (Å²) in [5, 5.41) is 14.4. The van der Waals surface area contributed by atoms with Crippen molar-refractivity contribution in [1.82, 2.24) is 4.72 Å². The van der Waals surface area contributed by atoms with Gasteiger partial charge in [-0.25, -0.2) is 17.9 Å². The molecule has 0 saturated carbocycles. The number of aliphatic hydroxyl groups is 1. The Morgan fingerprint density at radius 1 is 1.10 bits per heavy atom. The minimum Gasteiger partial charge on any atom is -0.495 e. The number of hydrogen-bond acceptors (Lipinski definition) is 7. The first-order valence-electron chi connectivity index (χ1n) is 8.92. The van der Waals surface area contributed by atoms with E-state index in [1.807, 2.05) is 29.0 Å². The first-order chi connectivity index (χ1) is 14.4. The molecule has 0 bridgehead atoms. The van der Waals surface area contributed by atoms with Gasteiger partial charge in [-0.1, -0.05) is 24.3 Å². The SMILES string of the molecule is COC(=O)c1ccc(OC)c(S(=O)(=O)NCC(O)c2ccc(-c3ccsc3)cc2)c1. The first-order valence-corrected chi connectivity index (χ1v) is 11.3. The summed E-state index contributed by atoms with van der Waals surface area (Å²) in [4.78, 5) is 11.5. The van der Waals surface area contributed by atoms with Gasteiger partial charge in [0.15, 0.2) is 0 Å². The van der Waals surface area contributed by atoms with Crippen molar-refractivity contribution in [2.75, 3.05) is 20.8 Å². The molecular weight excluding hydrogens is 426 g/mol. The maximum absolute atomic E-state index is 12.8. The molecular formula is C21H21NO6S2. The maximum Gasteiger partial charge on any atom is 0.337 e. The number of benzene rings is 2. The number of nitrogens with one attached hydrogen (secondary N) is 1. The van der Waals surface area contributed by atoms with E-state index in [0.717, 1.165) is 11.1 Å². The summed E-state index contributed by atoms with van der Waals surface area (Å²) in [6.07, 6.45) is -1.05. The normalized spacial score (nSPS) is 12.4. The minimum absolute atomic E-state index is 0.0724. The van der Waals surface area contributed by atoms with Gasteiger partial charge in [-0.05, 0) is 51.7 Å². The molecule has 0 aliphatic heterocycles. The lowest BCUT2D eigenvalue weighted by Gasteiger charge is -2.15. The van der Waals surface area contributed by atoms with Crippen molar-refractivity contribution in [3.63, 3.8) is 0 Å². The quantitative estimate of drug-likeness (QED) is 0.514. The molecule has 0 aliphatic rings. The lowest BCUT2D eigenvalue weighted by Crippen LogP contribution is -2.29. The smallest absolute Gasteiger partial charge is 0.337 e. The van der Waals surface area contributed by atoms with Gasteiger partial charge in [0, 0.05) is 6.54 Å². The fourth-order valence-corrected chi connectivity index (χ4v) is 4.74. The molecule has 1 heterocycles. The summed E-state index contributed by atoms with van der Waals surface area (Å²) in [6.45, 7) is -0.244. The highest BCUT2D eigenvalue weighted by Gasteiger charge is 2.23. The number of hydrogen-bond donors (Lipinski definition) is 2. The van der Waals surface area contributed by atoms with E-state index in [1.165, 1.54) is 32.4 Å². The van der Waals surface area contributed by atoms with E-state index in [4.69, 9.17) is 4.74 Å². The molecule has 0 spiro atoms. The van der Waals surface area contributed by atoms with E-state index in [1.54, 1.807) is 23.5 Å². The number of esters is 1. The van der Waals surface area contributed by atoms with Gasteiger partial charge in [-0.2, -0.15) is 11.3 Å². The summed E-state index contributed by atoms with van der Waals surface area (Å²) in [6, 6.07) is 13.2. The lowest BCUT2D eigenvalue weighted by atomic mass is 10.0. The Balaban J connectivity index is 1.75. The fourth-order valence-electron chi connectivity index (χ4n) is 2.84. The van der Waals surface area contributed by atoms with Crippen LogP contribution in [0.3, 0.4) is 0 Å². The van der Waals surface area contributed by atoms with E-state index >= 15 is 0 Å². The van der Waals surface area contributed by atoms with Crippen LogP contribution >= 0.6 is 11.3 Å². The van der Waals surface area contributed by atoms with Crippen LogP contribution in [0.15, 0.2) is 64.2 Å². The number of methoxy groups -OCH3 is 2. The molecule has 1 aromatic heterocycles. The van der Waals surface area contributed by atoms with Gasteiger partial charge in [-0.3, -0.25) is 0 Å². The van der Waals surface area contributed by atoms with Crippen LogP contribution in [0, 0.1) is 0 Å². The number of ether oxygens (including phenoxy) is 2. The zero-order valence-electron chi connectivity index (χ0n) is 16.4. The molecule has 3 rings (SSSR count). The Morgan fingerprint density at radius 3 is 2.43 bits per heavy atom. The Hall–Kier alpha value is -2.72. The molecule has 7 nitrogen and oxygen atoms in total. The highest BCUT2D eigenvalue weighted by molar-refractivity contribution is 7.89.